The summed E-state index contributed by atoms with van der Waals surface area (Å²) < 4.78 is 0. The van der Waals surface area contributed by atoms with E-state index in [9.17, 15) is 4.79 Å². The van der Waals surface area contributed by atoms with E-state index in [1.807, 2.05) is 14.0 Å². The first kappa shape index (κ1) is 14.6. The molecule has 1 saturated heterocycles. The molecule has 0 aromatic carbocycles. The van der Waals surface area contributed by atoms with Gasteiger partial charge in [0.2, 0.25) is 0 Å². The number of oxime groups is 1. The second-order valence-corrected chi connectivity index (χ2v) is 4.75. The third kappa shape index (κ3) is 3.49. The maximum atomic E-state index is 11.7. The maximum absolute atomic E-state index is 11.7. The van der Waals surface area contributed by atoms with Crippen LogP contribution in [0.1, 0.15) is 26.2 Å². The zero-order valence-corrected chi connectivity index (χ0v) is 11.1. The molecule has 0 radical (unpaired) electrons. The van der Waals surface area contributed by atoms with E-state index in [2.05, 4.69) is 20.7 Å². The molecule has 0 aromatic rings. The third-order valence-electron chi connectivity index (χ3n) is 3.33. The summed E-state index contributed by atoms with van der Waals surface area (Å²) in [5.41, 5.74) is 5.01. The highest BCUT2D eigenvalue weighted by molar-refractivity contribution is 5.93. The molecule has 7 heteroatoms. The Bertz CT molecular complexity index is 311. The zero-order valence-electron chi connectivity index (χ0n) is 11.1. The van der Waals surface area contributed by atoms with E-state index in [-0.39, 0.29) is 11.9 Å². The maximum Gasteiger partial charge on any atom is 0.315 e. The topological polar surface area (TPSA) is 103 Å². The van der Waals surface area contributed by atoms with Crippen molar-refractivity contribution < 1.29 is 10.0 Å². The van der Waals surface area contributed by atoms with E-state index in [0.717, 1.165) is 19.5 Å². The first-order valence-corrected chi connectivity index (χ1v) is 6.26. The molecule has 2 amide bonds. The number of nitrogens with one attached hydrogen (secondary N) is 2. The average molecular weight is 257 g/mol. The molecule has 104 valence electrons. The van der Waals surface area contributed by atoms with E-state index in [4.69, 9.17) is 10.9 Å². The molecule has 5 N–H and O–H groups in total. The molecular formula is C11H23N5O2. The van der Waals surface area contributed by atoms with Gasteiger partial charge in [0, 0.05) is 19.6 Å². The van der Waals surface area contributed by atoms with Crippen molar-refractivity contribution in [2.24, 2.45) is 10.9 Å². The molecule has 0 aromatic heterocycles. The molecule has 1 fully saturated rings. The standard InChI is InChI=1S/C11H23N5O2/c1-3-6-13-10(17)14-11(9(12)15-18)4-7-16(2)8-5-11/h18H,3-8H2,1-2H3,(H2,12,15)(H2,13,14,17). The van der Waals surface area contributed by atoms with Gasteiger partial charge in [0.1, 0.15) is 5.54 Å². The van der Waals surface area contributed by atoms with E-state index in [1.54, 1.807) is 0 Å². The number of amides is 2. The largest absolute Gasteiger partial charge is 0.409 e. The van der Waals surface area contributed by atoms with E-state index < -0.39 is 5.54 Å². The number of amidine groups is 1. The minimum absolute atomic E-state index is 0.0715. The average Bonchev–Trinajstić information content (AvgIpc) is 2.38. The van der Waals surface area contributed by atoms with Gasteiger partial charge in [-0.2, -0.15) is 0 Å². The highest BCUT2D eigenvalue weighted by atomic mass is 16.4. The predicted molar refractivity (Wildman–Crippen MR) is 69.7 cm³/mol. The van der Waals surface area contributed by atoms with Gasteiger partial charge in [-0.25, -0.2) is 4.79 Å². The van der Waals surface area contributed by atoms with Crippen LogP contribution in [0.5, 0.6) is 0 Å². The molecule has 0 saturated carbocycles. The lowest BCUT2D eigenvalue weighted by atomic mass is 9.86. The second-order valence-electron chi connectivity index (χ2n) is 4.75. The summed E-state index contributed by atoms with van der Waals surface area (Å²) in [4.78, 5) is 13.9. The molecule has 1 aliphatic rings. The number of hydrogen-bond donors (Lipinski definition) is 4. The highest BCUT2D eigenvalue weighted by Crippen LogP contribution is 2.21. The van der Waals surface area contributed by atoms with Crippen LogP contribution < -0.4 is 16.4 Å². The summed E-state index contributed by atoms with van der Waals surface area (Å²) in [6, 6.07) is -0.270. The molecule has 0 aliphatic carbocycles. The number of urea groups is 1. The Morgan fingerprint density at radius 1 is 1.50 bits per heavy atom. The second kappa shape index (κ2) is 6.44. The molecule has 1 aliphatic heterocycles. The fourth-order valence-electron chi connectivity index (χ4n) is 2.04. The van der Waals surface area contributed by atoms with Crippen LogP contribution >= 0.6 is 0 Å². The third-order valence-corrected chi connectivity index (χ3v) is 3.33. The van der Waals surface area contributed by atoms with Crippen LogP contribution in [-0.4, -0.2) is 54.2 Å². The monoisotopic (exact) mass is 257 g/mol. The SMILES string of the molecule is CCCNC(=O)NC1(/C(N)=N/O)CCN(C)CC1. The number of hydrogen-bond acceptors (Lipinski definition) is 4. The quantitative estimate of drug-likeness (QED) is 0.244. The van der Waals surface area contributed by atoms with Crippen LogP contribution in [0.3, 0.4) is 0 Å². The Morgan fingerprint density at radius 2 is 2.11 bits per heavy atom. The van der Waals surface area contributed by atoms with Gasteiger partial charge in [-0.15, -0.1) is 0 Å². The highest BCUT2D eigenvalue weighted by Gasteiger charge is 2.39. The summed E-state index contributed by atoms with van der Waals surface area (Å²) in [5.74, 6) is 0.0715. The Labute approximate surface area is 107 Å². The molecule has 1 rings (SSSR count). The predicted octanol–water partition coefficient (Wildman–Crippen LogP) is -0.0936. The number of nitrogens with two attached hydrogens (primary N) is 1. The Kier molecular flexibility index (Phi) is 5.21. The lowest BCUT2D eigenvalue weighted by Gasteiger charge is -2.40. The number of carbonyl (C=O) groups is 1. The van der Waals surface area contributed by atoms with Gasteiger partial charge in [-0.3, -0.25) is 0 Å². The fourth-order valence-corrected chi connectivity index (χ4v) is 2.04. The molecular weight excluding hydrogens is 234 g/mol. The van der Waals surface area contributed by atoms with Gasteiger partial charge < -0.3 is 26.5 Å². The zero-order chi connectivity index (χ0) is 13.6. The van der Waals surface area contributed by atoms with Crippen molar-refractivity contribution in [2.45, 2.75) is 31.7 Å². The lowest BCUT2D eigenvalue weighted by molar-refractivity contribution is 0.189. The molecule has 7 nitrogen and oxygen atoms in total. The summed E-state index contributed by atoms with van der Waals surface area (Å²) in [7, 11) is 2.01. The molecule has 18 heavy (non-hydrogen) atoms. The molecule has 0 atom stereocenters. The summed E-state index contributed by atoms with van der Waals surface area (Å²) in [6.07, 6.45) is 2.14. The lowest BCUT2D eigenvalue weighted by Crippen LogP contribution is -2.63. The van der Waals surface area contributed by atoms with Crippen LogP contribution in [-0.2, 0) is 0 Å². The van der Waals surface area contributed by atoms with Gasteiger partial charge in [-0.05, 0) is 26.3 Å². The summed E-state index contributed by atoms with van der Waals surface area (Å²) in [6.45, 7) is 4.18. The van der Waals surface area contributed by atoms with Crippen LogP contribution in [0.4, 0.5) is 4.79 Å². The Morgan fingerprint density at radius 3 is 2.61 bits per heavy atom. The van der Waals surface area contributed by atoms with Crippen molar-refractivity contribution in [2.75, 3.05) is 26.7 Å². The molecule has 0 bridgehead atoms. The van der Waals surface area contributed by atoms with E-state index >= 15 is 0 Å². The number of piperidine rings is 1. The summed E-state index contributed by atoms with van der Waals surface area (Å²) >= 11 is 0. The summed E-state index contributed by atoms with van der Waals surface area (Å²) in [5, 5.41) is 17.5. The van der Waals surface area contributed by atoms with E-state index in [0.29, 0.717) is 19.4 Å². The first-order valence-electron chi connectivity index (χ1n) is 6.26. The van der Waals surface area contributed by atoms with Gasteiger partial charge in [0.25, 0.3) is 0 Å². The van der Waals surface area contributed by atoms with Gasteiger partial charge in [-0.1, -0.05) is 12.1 Å². The Balaban J connectivity index is 2.70. The molecule has 0 spiro atoms. The minimum Gasteiger partial charge on any atom is -0.409 e. The normalized spacial score (nSPS) is 20.4. The Hall–Kier alpha value is -1.50. The van der Waals surface area contributed by atoms with Crippen LogP contribution in [0.25, 0.3) is 0 Å². The first-order chi connectivity index (χ1) is 8.54. The van der Waals surface area contributed by atoms with Crippen LogP contribution in [0.15, 0.2) is 5.16 Å². The van der Waals surface area contributed by atoms with Gasteiger partial charge in [0.15, 0.2) is 5.84 Å². The number of carbonyl (C=O) groups excluding carboxylic acids is 1. The molecule has 0 unspecified atom stereocenters. The minimum atomic E-state index is -0.737. The smallest absolute Gasteiger partial charge is 0.315 e. The van der Waals surface area contributed by atoms with Gasteiger partial charge >= 0.3 is 6.03 Å². The fraction of sp³-hybridized carbons (Fsp3) is 0.818. The van der Waals surface area contributed by atoms with Crippen molar-refractivity contribution in [3.63, 3.8) is 0 Å². The van der Waals surface area contributed by atoms with Crippen LogP contribution in [0.2, 0.25) is 0 Å². The van der Waals surface area contributed by atoms with E-state index in [1.165, 1.54) is 0 Å². The number of nitrogens with zero attached hydrogens (tertiary/aromatic N) is 2. The van der Waals surface area contributed by atoms with Crippen molar-refractivity contribution in [1.29, 1.82) is 0 Å². The molecule has 1 heterocycles. The van der Waals surface area contributed by atoms with Crippen molar-refractivity contribution in [3.8, 4) is 0 Å². The van der Waals surface area contributed by atoms with Crippen LogP contribution in [0, 0.1) is 0 Å². The van der Waals surface area contributed by atoms with Gasteiger partial charge in [0.05, 0.1) is 0 Å². The number of likely N-dealkylation sites (tertiary alicyclic amines) is 1. The van der Waals surface area contributed by atoms with Crippen molar-refractivity contribution >= 4 is 11.9 Å². The number of rotatable bonds is 4. The van der Waals surface area contributed by atoms with Crippen molar-refractivity contribution in [3.05, 3.63) is 0 Å². The van der Waals surface area contributed by atoms with Crippen molar-refractivity contribution in [1.82, 2.24) is 15.5 Å².